The number of hydrogen-bond donors (Lipinski definition) is 1. The predicted octanol–water partition coefficient (Wildman–Crippen LogP) is 0.727. The molecule has 1 amide bonds. The van der Waals surface area contributed by atoms with E-state index in [-0.39, 0.29) is 24.0 Å². The highest BCUT2D eigenvalue weighted by atomic mass is 32.1. The van der Waals surface area contributed by atoms with E-state index in [0.717, 1.165) is 6.42 Å². The van der Waals surface area contributed by atoms with Crippen molar-refractivity contribution < 1.29 is 19.1 Å². The van der Waals surface area contributed by atoms with E-state index in [4.69, 9.17) is 27.4 Å². The van der Waals surface area contributed by atoms with Crippen molar-refractivity contribution in [3.8, 4) is 0 Å². The monoisotopic (exact) mass is 304 g/mol. The normalized spacial score (nSPS) is 11.8. The fraction of sp³-hybridized carbons (Fsp3) is 0.769. The molecule has 0 bridgehead atoms. The predicted molar refractivity (Wildman–Crippen MR) is 80.3 cm³/mol. The van der Waals surface area contributed by atoms with E-state index in [0.29, 0.717) is 19.6 Å². The highest BCUT2D eigenvalue weighted by molar-refractivity contribution is 7.80. The molecule has 0 spiro atoms. The number of thiocarbonyl (C=S) groups is 1. The van der Waals surface area contributed by atoms with E-state index in [1.807, 2.05) is 6.92 Å². The summed E-state index contributed by atoms with van der Waals surface area (Å²) in [7, 11) is 1.53. The Kier molecular flexibility index (Phi) is 9.92. The lowest BCUT2D eigenvalue weighted by molar-refractivity contribution is -0.150. The van der Waals surface area contributed by atoms with E-state index in [2.05, 4.69) is 0 Å². The number of hydrogen-bond acceptors (Lipinski definition) is 5. The number of carbonyl (C=O) groups excluding carboxylic acids is 2. The molecule has 2 N–H and O–H groups in total. The molecule has 1 atom stereocenters. The smallest absolute Gasteiger partial charge is 0.325 e. The van der Waals surface area contributed by atoms with Crippen molar-refractivity contribution in [2.45, 2.75) is 26.7 Å². The molecule has 0 aliphatic carbocycles. The minimum atomic E-state index is -0.540. The second kappa shape index (κ2) is 10.6. The molecule has 0 saturated heterocycles. The Morgan fingerprint density at radius 1 is 1.35 bits per heavy atom. The van der Waals surface area contributed by atoms with Crippen LogP contribution in [-0.4, -0.2) is 55.2 Å². The number of nitrogens with two attached hydrogens (primary N) is 1. The Labute approximate surface area is 125 Å². The Balaban J connectivity index is 4.84. The summed E-state index contributed by atoms with van der Waals surface area (Å²) in [6, 6.07) is 0. The van der Waals surface area contributed by atoms with Crippen LogP contribution in [0.25, 0.3) is 0 Å². The van der Waals surface area contributed by atoms with Gasteiger partial charge in [0.15, 0.2) is 0 Å². The summed E-state index contributed by atoms with van der Waals surface area (Å²) < 4.78 is 9.82. The summed E-state index contributed by atoms with van der Waals surface area (Å²) in [5, 5.41) is 0. The van der Waals surface area contributed by atoms with Crippen LogP contribution in [0.4, 0.5) is 0 Å². The van der Waals surface area contributed by atoms with Gasteiger partial charge in [0.05, 0.1) is 24.1 Å². The molecule has 116 valence electrons. The van der Waals surface area contributed by atoms with E-state index in [1.54, 1.807) is 6.92 Å². The van der Waals surface area contributed by atoms with Crippen LogP contribution in [0.1, 0.15) is 26.7 Å². The van der Waals surface area contributed by atoms with Gasteiger partial charge in [0.2, 0.25) is 5.91 Å². The third kappa shape index (κ3) is 6.81. The van der Waals surface area contributed by atoms with Crippen LogP contribution in [-0.2, 0) is 19.1 Å². The van der Waals surface area contributed by atoms with Crippen molar-refractivity contribution in [3.63, 3.8) is 0 Å². The molecule has 0 aliphatic rings. The van der Waals surface area contributed by atoms with Crippen LogP contribution in [0.5, 0.6) is 0 Å². The molecule has 20 heavy (non-hydrogen) atoms. The molecule has 0 saturated carbocycles. The molecule has 1 unspecified atom stereocenters. The van der Waals surface area contributed by atoms with Crippen LogP contribution >= 0.6 is 12.2 Å². The Morgan fingerprint density at radius 2 is 2.00 bits per heavy atom. The highest BCUT2D eigenvalue weighted by Gasteiger charge is 2.27. The van der Waals surface area contributed by atoms with E-state index in [1.165, 1.54) is 12.0 Å². The zero-order chi connectivity index (χ0) is 15.5. The molecule has 0 fully saturated rings. The zero-order valence-electron chi connectivity index (χ0n) is 12.4. The molecule has 6 nitrogen and oxygen atoms in total. The summed E-state index contributed by atoms with van der Waals surface area (Å²) >= 11 is 4.94. The standard InChI is InChI=1S/C13H24N2O4S/c1-4-6-10(12(14)20)13(17)15(7-8-18-3)9-11(16)19-5-2/h10H,4-9H2,1-3H3,(H2,14,20). The van der Waals surface area contributed by atoms with Crippen molar-refractivity contribution in [3.05, 3.63) is 0 Å². The second-order valence-electron chi connectivity index (χ2n) is 4.30. The number of methoxy groups -OCH3 is 1. The first-order chi connectivity index (χ1) is 9.47. The molecular formula is C13H24N2O4S. The molecule has 0 heterocycles. The molecule has 0 aromatic carbocycles. The molecule has 0 aromatic heterocycles. The van der Waals surface area contributed by atoms with E-state index < -0.39 is 11.9 Å². The van der Waals surface area contributed by atoms with Crippen LogP contribution < -0.4 is 5.73 Å². The minimum absolute atomic E-state index is 0.112. The van der Waals surface area contributed by atoms with Crippen molar-refractivity contribution in [2.75, 3.05) is 33.4 Å². The van der Waals surface area contributed by atoms with Gasteiger partial charge in [-0.3, -0.25) is 9.59 Å². The maximum atomic E-state index is 12.4. The van der Waals surface area contributed by atoms with Crippen LogP contribution in [0.15, 0.2) is 0 Å². The maximum absolute atomic E-state index is 12.4. The van der Waals surface area contributed by atoms with Gasteiger partial charge in [0, 0.05) is 13.7 Å². The Morgan fingerprint density at radius 3 is 2.45 bits per heavy atom. The topological polar surface area (TPSA) is 81.9 Å². The first-order valence-corrected chi connectivity index (χ1v) is 7.11. The van der Waals surface area contributed by atoms with Crippen molar-refractivity contribution in [1.82, 2.24) is 4.90 Å². The van der Waals surface area contributed by atoms with Crippen molar-refractivity contribution in [2.24, 2.45) is 11.7 Å². The van der Waals surface area contributed by atoms with Gasteiger partial charge < -0.3 is 20.1 Å². The van der Waals surface area contributed by atoms with Crippen molar-refractivity contribution in [1.29, 1.82) is 0 Å². The summed E-state index contributed by atoms with van der Waals surface area (Å²) in [4.78, 5) is 25.5. The third-order valence-corrected chi connectivity index (χ3v) is 3.01. The quantitative estimate of drug-likeness (QED) is 0.473. The summed E-state index contributed by atoms with van der Waals surface area (Å²) in [5.41, 5.74) is 5.62. The van der Waals surface area contributed by atoms with Crippen LogP contribution in [0, 0.1) is 5.92 Å². The maximum Gasteiger partial charge on any atom is 0.325 e. The highest BCUT2D eigenvalue weighted by Crippen LogP contribution is 2.11. The lowest BCUT2D eigenvalue weighted by Crippen LogP contribution is -2.45. The number of nitrogens with zero attached hydrogens (tertiary/aromatic N) is 1. The van der Waals surface area contributed by atoms with Gasteiger partial charge in [0.25, 0.3) is 0 Å². The van der Waals surface area contributed by atoms with E-state index >= 15 is 0 Å². The lowest BCUT2D eigenvalue weighted by Gasteiger charge is -2.25. The fourth-order valence-corrected chi connectivity index (χ4v) is 1.95. The molecule has 0 aromatic rings. The molecule has 7 heteroatoms. The first kappa shape index (κ1) is 18.8. The average molecular weight is 304 g/mol. The van der Waals surface area contributed by atoms with Gasteiger partial charge in [0.1, 0.15) is 6.54 Å². The lowest BCUT2D eigenvalue weighted by atomic mass is 10.0. The number of ether oxygens (including phenoxy) is 2. The minimum Gasteiger partial charge on any atom is -0.465 e. The fourth-order valence-electron chi connectivity index (χ4n) is 1.73. The van der Waals surface area contributed by atoms with Crippen LogP contribution in [0.3, 0.4) is 0 Å². The van der Waals surface area contributed by atoms with Gasteiger partial charge in [-0.2, -0.15) is 0 Å². The van der Waals surface area contributed by atoms with Crippen LogP contribution in [0.2, 0.25) is 0 Å². The van der Waals surface area contributed by atoms with Gasteiger partial charge >= 0.3 is 5.97 Å². The van der Waals surface area contributed by atoms with E-state index in [9.17, 15) is 9.59 Å². The number of rotatable bonds is 10. The van der Waals surface area contributed by atoms with Gasteiger partial charge in [-0.15, -0.1) is 0 Å². The molecule has 0 aliphatic heterocycles. The van der Waals surface area contributed by atoms with Gasteiger partial charge in [-0.05, 0) is 13.3 Å². The third-order valence-electron chi connectivity index (χ3n) is 2.72. The Bertz CT molecular complexity index is 336. The summed E-state index contributed by atoms with van der Waals surface area (Å²) in [5.74, 6) is -1.24. The number of esters is 1. The average Bonchev–Trinajstić information content (AvgIpc) is 2.40. The zero-order valence-corrected chi connectivity index (χ0v) is 13.2. The molecule has 0 rings (SSSR count). The van der Waals surface area contributed by atoms with Gasteiger partial charge in [-0.25, -0.2) is 0 Å². The first-order valence-electron chi connectivity index (χ1n) is 6.70. The molecule has 0 radical (unpaired) electrons. The summed E-state index contributed by atoms with van der Waals surface area (Å²) in [6.45, 7) is 4.47. The largest absolute Gasteiger partial charge is 0.465 e. The number of amides is 1. The SMILES string of the molecule is CCCC(C(=O)N(CCOC)CC(=O)OCC)C(N)=S. The summed E-state index contributed by atoms with van der Waals surface area (Å²) in [6.07, 6.45) is 1.35. The second-order valence-corrected chi connectivity index (χ2v) is 4.77. The van der Waals surface area contributed by atoms with Crippen molar-refractivity contribution >= 4 is 29.1 Å². The van der Waals surface area contributed by atoms with Gasteiger partial charge in [-0.1, -0.05) is 25.6 Å². The number of carbonyl (C=O) groups is 2. The Hall–Kier alpha value is -1.21. The molecular weight excluding hydrogens is 280 g/mol.